The molecule has 102 valence electrons. The number of hydrogen-bond donors (Lipinski definition) is 2. The highest BCUT2D eigenvalue weighted by Gasteiger charge is 2.16. The molecule has 0 aliphatic carbocycles. The average Bonchev–Trinajstić information content (AvgIpc) is 2.44. The summed E-state index contributed by atoms with van der Waals surface area (Å²) in [5.74, 6) is 0.168. The molecule has 0 radical (unpaired) electrons. The Hall–Kier alpha value is -2.06. The minimum atomic E-state index is -0.184. The number of nitrogens with one attached hydrogen (secondary N) is 2. The highest BCUT2D eigenvalue weighted by Crippen LogP contribution is 2.28. The van der Waals surface area contributed by atoms with Crippen molar-refractivity contribution in [2.75, 3.05) is 25.5 Å². The molecule has 19 heavy (non-hydrogen) atoms. The van der Waals surface area contributed by atoms with Crippen molar-refractivity contribution in [3.8, 4) is 11.8 Å². The van der Waals surface area contributed by atoms with Crippen molar-refractivity contribution >= 4 is 11.6 Å². The smallest absolute Gasteiger partial charge is 0.228 e. The highest BCUT2D eigenvalue weighted by molar-refractivity contribution is 5.95. The van der Waals surface area contributed by atoms with Gasteiger partial charge in [-0.15, -0.1) is 0 Å². The largest absolute Gasteiger partial charge is 0.495 e. The molecule has 0 heterocycles. The molecule has 0 aliphatic heterocycles. The standard InChI is InChI=1S/C14H19N3O2/c1-4-16-9-10(2)14(18)17-13-11(8-15)6-5-7-12(13)19-3/h5-7,10,16H,4,9H2,1-3H3,(H,17,18). The number of anilines is 1. The van der Waals surface area contributed by atoms with Gasteiger partial charge in [0.05, 0.1) is 12.7 Å². The number of rotatable bonds is 6. The van der Waals surface area contributed by atoms with Gasteiger partial charge in [-0.2, -0.15) is 5.26 Å². The fourth-order valence-corrected chi connectivity index (χ4v) is 1.62. The van der Waals surface area contributed by atoms with Gasteiger partial charge >= 0.3 is 0 Å². The molecule has 0 saturated carbocycles. The molecule has 1 unspecified atom stereocenters. The zero-order valence-electron chi connectivity index (χ0n) is 11.5. The predicted octanol–water partition coefficient (Wildman–Crippen LogP) is 1.75. The molecule has 0 aromatic heterocycles. The van der Waals surface area contributed by atoms with E-state index in [1.807, 2.05) is 19.9 Å². The zero-order valence-corrected chi connectivity index (χ0v) is 11.5. The molecule has 5 heteroatoms. The van der Waals surface area contributed by atoms with Crippen LogP contribution in [-0.2, 0) is 4.79 Å². The first-order valence-corrected chi connectivity index (χ1v) is 6.22. The summed E-state index contributed by atoms with van der Waals surface area (Å²) >= 11 is 0. The first-order chi connectivity index (χ1) is 9.13. The lowest BCUT2D eigenvalue weighted by molar-refractivity contribution is -0.119. The number of nitrogens with zero attached hydrogens (tertiary/aromatic N) is 1. The van der Waals surface area contributed by atoms with E-state index in [4.69, 9.17) is 10.00 Å². The molecule has 0 aliphatic rings. The van der Waals surface area contributed by atoms with Crippen LogP contribution in [0.4, 0.5) is 5.69 Å². The Morgan fingerprint density at radius 2 is 2.26 bits per heavy atom. The third-order valence-electron chi connectivity index (χ3n) is 2.76. The van der Waals surface area contributed by atoms with Gasteiger partial charge in [0.15, 0.2) is 0 Å². The number of ether oxygens (including phenoxy) is 1. The van der Waals surface area contributed by atoms with E-state index in [9.17, 15) is 4.79 Å². The molecule has 0 spiro atoms. The second-order valence-electron chi connectivity index (χ2n) is 4.19. The Balaban J connectivity index is 2.87. The van der Waals surface area contributed by atoms with E-state index in [-0.39, 0.29) is 11.8 Å². The summed E-state index contributed by atoms with van der Waals surface area (Å²) in [5.41, 5.74) is 0.823. The van der Waals surface area contributed by atoms with Crippen LogP contribution in [0.25, 0.3) is 0 Å². The summed E-state index contributed by atoms with van der Waals surface area (Å²) in [4.78, 5) is 12.0. The third-order valence-corrected chi connectivity index (χ3v) is 2.76. The molecule has 1 aromatic carbocycles. The van der Waals surface area contributed by atoms with Gasteiger partial charge in [-0.05, 0) is 18.7 Å². The van der Waals surface area contributed by atoms with Gasteiger partial charge in [-0.1, -0.05) is 19.9 Å². The normalized spacial score (nSPS) is 11.5. The van der Waals surface area contributed by atoms with E-state index in [1.165, 1.54) is 7.11 Å². The summed E-state index contributed by atoms with van der Waals surface area (Å²) < 4.78 is 5.17. The number of amides is 1. The van der Waals surface area contributed by atoms with Gasteiger partial charge in [0.2, 0.25) is 5.91 Å². The fourth-order valence-electron chi connectivity index (χ4n) is 1.62. The summed E-state index contributed by atoms with van der Waals surface area (Å²) in [6.07, 6.45) is 0. The van der Waals surface area contributed by atoms with Crippen LogP contribution >= 0.6 is 0 Å². The van der Waals surface area contributed by atoms with Crippen molar-refractivity contribution < 1.29 is 9.53 Å². The Bertz CT molecular complexity index is 480. The Kier molecular flexibility index (Phi) is 5.83. The van der Waals surface area contributed by atoms with Gasteiger partial charge in [0.25, 0.3) is 0 Å². The maximum Gasteiger partial charge on any atom is 0.228 e. The first kappa shape index (κ1) is 15.0. The van der Waals surface area contributed by atoms with E-state index >= 15 is 0 Å². The van der Waals surface area contributed by atoms with E-state index in [2.05, 4.69) is 10.6 Å². The monoisotopic (exact) mass is 261 g/mol. The predicted molar refractivity (Wildman–Crippen MR) is 74.0 cm³/mol. The summed E-state index contributed by atoms with van der Waals surface area (Å²) in [6, 6.07) is 7.12. The molecule has 0 saturated heterocycles. The Morgan fingerprint density at radius 1 is 1.53 bits per heavy atom. The van der Waals surface area contributed by atoms with Gasteiger partial charge < -0.3 is 15.4 Å². The summed E-state index contributed by atoms with van der Waals surface area (Å²) in [6.45, 7) is 5.23. The highest BCUT2D eigenvalue weighted by atomic mass is 16.5. The van der Waals surface area contributed by atoms with Crippen LogP contribution in [0, 0.1) is 17.2 Å². The molecule has 2 N–H and O–H groups in total. The molecule has 1 aromatic rings. The second kappa shape index (κ2) is 7.39. The number of hydrogen-bond acceptors (Lipinski definition) is 4. The second-order valence-corrected chi connectivity index (χ2v) is 4.19. The van der Waals surface area contributed by atoms with Gasteiger partial charge in [0, 0.05) is 12.5 Å². The lowest BCUT2D eigenvalue weighted by Crippen LogP contribution is -2.30. The van der Waals surface area contributed by atoms with Crippen molar-refractivity contribution in [2.45, 2.75) is 13.8 Å². The molecule has 0 bridgehead atoms. The molecular weight excluding hydrogens is 242 g/mol. The minimum Gasteiger partial charge on any atom is -0.495 e. The van der Waals surface area contributed by atoms with Gasteiger partial charge in [0.1, 0.15) is 17.5 Å². The van der Waals surface area contributed by atoms with E-state index < -0.39 is 0 Å². The van der Waals surface area contributed by atoms with Crippen molar-refractivity contribution in [2.24, 2.45) is 5.92 Å². The van der Waals surface area contributed by atoms with Crippen LogP contribution in [0.1, 0.15) is 19.4 Å². The van der Waals surface area contributed by atoms with E-state index in [0.717, 1.165) is 6.54 Å². The maximum absolute atomic E-state index is 12.0. The van der Waals surface area contributed by atoms with Crippen molar-refractivity contribution in [3.63, 3.8) is 0 Å². The molecule has 1 amide bonds. The van der Waals surface area contributed by atoms with Crippen LogP contribution in [0.3, 0.4) is 0 Å². The van der Waals surface area contributed by atoms with Crippen molar-refractivity contribution in [1.82, 2.24) is 5.32 Å². The van der Waals surface area contributed by atoms with Crippen LogP contribution < -0.4 is 15.4 Å². The van der Waals surface area contributed by atoms with Crippen LogP contribution in [0.5, 0.6) is 5.75 Å². The fraction of sp³-hybridized carbons (Fsp3) is 0.429. The number of nitriles is 1. The summed E-state index contributed by atoms with van der Waals surface area (Å²) in [5, 5.41) is 14.9. The number of carbonyl (C=O) groups is 1. The molecule has 0 fully saturated rings. The molecule has 1 rings (SSSR count). The van der Waals surface area contributed by atoms with E-state index in [0.29, 0.717) is 23.5 Å². The van der Waals surface area contributed by atoms with Crippen molar-refractivity contribution in [1.29, 1.82) is 5.26 Å². The Labute approximate surface area is 113 Å². The SMILES string of the molecule is CCNCC(C)C(=O)Nc1c(C#N)cccc1OC. The van der Waals surface area contributed by atoms with Gasteiger partial charge in [-0.3, -0.25) is 4.79 Å². The quantitative estimate of drug-likeness (QED) is 0.818. The number of methoxy groups -OCH3 is 1. The zero-order chi connectivity index (χ0) is 14.3. The van der Waals surface area contributed by atoms with Crippen molar-refractivity contribution in [3.05, 3.63) is 23.8 Å². The minimum absolute atomic E-state index is 0.137. The molecular formula is C14H19N3O2. The Morgan fingerprint density at radius 3 is 2.84 bits per heavy atom. The first-order valence-electron chi connectivity index (χ1n) is 6.22. The summed E-state index contributed by atoms with van der Waals surface area (Å²) in [7, 11) is 1.51. The lowest BCUT2D eigenvalue weighted by Gasteiger charge is -2.15. The van der Waals surface area contributed by atoms with Gasteiger partial charge in [-0.25, -0.2) is 0 Å². The molecule has 1 atom stereocenters. The molecule has 5 nitrogen and oxygen atoms in total. The average molecular weight is 261 g/mol. The number of benzene rings is 1. The van der Waals surface area contributed by atoms with Crippen LogP contribution in [0.2, 0.25) is 0 Å². The van der Waals surface area contributed by atoms with Crippen LogP contribution in [0.15, 0.2) is 18.2 Å². The maximum atomic E-state index is 12.0. The lowest BCUT2D eigenvalue weighted by atomic mass is 10.1. The number of carbonyl (C=O) groups excluding carboxylic acids is 1. The topological polar surface area (TPSA) is 74.2 Å². The third kappa shape index (κ3) is 3.97. The number of para-hydroxylation sites is 1. The van der Waals surface area contributed by atoms with E-state index in [1.54, 1.807) is 18.2 Å². The van der Waals surface area contributed by atoms with Crippen LogP contribution in [-0.4, -0.2) is 26.1 Å².